The summed E-state index contributed by atoms with van der Waals surface area (Å²) in [6.45, 7) is 5.22. The van der Waals surface area contributed by atoms with Crippen LogP contribution in [-0.4, -0.2) is 37.4 Å². The summed E-state index contributed by atoms with van der Waals surface area (Å²) < 4.78 is 31.7. The Hall–Kier alpha value is -1.66. The standard InChI is InChI=1S/C26H40FNO4.CH4.H2/c1-19(28-20(2)29)6-3-4-7-21-9-12-23(13-10-21)31-17-22-11-14-24(16-26(22)27)32-18-25-8-5-15-30-25;;/h11,14,16,19,21,23,25H,3-10,12-13,15,17-18H2,1-2H3,(H,28,29);1H4;1H/t19-,21?,23?,25-;;/m0../s1. The van der Waals surface area contributed by atoms with Gasteiger partial charge in [-0.3, -0.25) is 4.79 Å². The topological polar surface area (TPSA) is 56.8 Å². The Morgan fingerprint density at radius 3 is 2.70 bits per heavy atom. The van der Waals surface area contributed by atoms with E-state index in [2.05, 4.69) is 12.2 Å². The molecule has 1 aromatic rings. The number of nitrogens with one attached hydrogen (secondary N) is 1. The number of hydrogen-bond acceptors (Lipinski definition) is 4. The molecule has 1 aliphatic heterocycles. The van der Waals surface area contributed by atoms with Crippen LogP contribution < -0.4 is 10.1 Å². The third kappa shape index (κ3) is 10.0. The molecule has 190 valence electrons. The highest BCUT2D eigenvalue weighted by Gasteiger charge is 2.22. The largest absolute Gasteiger partial charge is 0.491 e. The van der Waals surface area contributed by atoms with Crippen LogP contribution in [0.2, 0.25) is 0 Å². The van der Waals surface area contributed by atoms with Gasteiger partial charge in [0.1, 0.15) is 18.2 Å². The number of rotatable bonds is 12. The maximum Gasteiger partial charge on any atom is 0.217 e. The predicted molar refractivity (Wildman–Crippen MR) is 132 cm³/mol. The summed E-state index contributed by atoms with van der Waals surface area (Å²) >= 11 is 0. The first-order chi connectivity index (χ1) is 15.5. The van der Waals surface area contributed by atoms with E-state index in [1.54, 1.807) is 13.0 Å². The smallest absolute Gasteiger partial charge is 0.217 e. The van der Waals surface area contributed by atoms with E-state index in [1.807, 2.05) is 6.07 Å². The lowest BCUT2D eigenvalue weighted by atomic mass is 9.84. The van der Waals surface area contributed by atoms with Crippen LogP contribution in [0.1, 0.15) is 92.5 Å². The molecule has 3 rings (SSSR count). The van der Waals surface area contributed by atoms with Crippen molar-refractivity contribution >= 4 is 5.91 Å². The average molecular weight is 468 g/mol. The number of ether oxygens (including phenoxy) is 3. The van der Waals surface area contributed by atoms with Crippen molar-refractivity contribution in [2.75, 3.05) is 13.2 Å². The highest BCUT2D eigenvalue weighted by molar-refractivity contribution is 5.73. The molecule has 2 fully saturated rings. The van der Waals surface area contributed by atoms with E-state index in [0.717, 1.165) is 51.0 Å². The van der Waals surface area contributed by atoms with Gasteiger partial charge in [0.25, 0.3) is 0 Å². The first kappa shape index (κ1) is 27.6. The van der Waals surface area contributed by atoms with Crippen molar-refractivity contribution < 1.29 is 24.8 Å². The summed E-state index contributed by atoms with van der Waals surface area (Å²) in [5.74, 6) is 1.10. The lowest BCUT2D eigenvalue weighted by molar-refractivity contribution is -0.119. The SMILES string of the molecule is C.CC(=O)N[C@@H](C)CCCCC1CCC(OCc2ccc(OC[C@@H]3CCCO3)cc2F)CC1.[HH]. The van der Waals surface area contributed by atoms with E-state index in [0.29, 0.717) is 24.5 Å². The van der Waals surface area contributed by atoms with E-state index in [1.165, 1.54) is 31.7 Å². The summed E-state index contributed by atoms with van der Waals surface area (Å²) in [7, 11) is 0. The summed E-state index contributed by atoms with van der Waals surface area (Å²) in [6, 6.07) is 5.31. The molecule has 1 aromatic carbocycles. The van der Waals surface area contributed by atoms with E-state index in [4.69, 9.17) is 14.2 Å². The number of amides is 1. The van der Waals surface area contributed by atoms with Crippen LogP contribution in [-0.2, 0) is 20.9 Å². The summed E-state index contributed by atoms with van der Waals surface area (Å²) in [6.07, 6.45) is 11.6. The van der Waals surface area contributed by atoms with Crippen molar-refractivity contribution in [3.05, 3.63) is 29.6 Å². The Kier molecular flexibility index (Phi) is 12.2. The van der Waals surface area contributed by atoms with Gasteiger partial charge in [0.15, 0.2) is 0 Å². The summed E-state index contributed by atoms with van der Waals surface area (Å²) in [4.78, 5) is 11.1. The zero-order valence-corrected chi connectivity index (χ0v) is 19.7. The lowest BCUT2D eigenvalue weighted by Gasteiger charge is -2.28. The van der Waals surface area contributed by atoms with Crippen LogP contribution in [0.25, 0.3) is 0 Å². The first-order valence-corrected chi connectivity index (χ1v) is 12.4. The summed E-state index contributed by atoms with van der Waals surface area (Å²) in [5.41, 5.74) is 0.588. The van der Waals surface area contributed by atoms with Crippen LogP contribution in [0.4, 0.5) is 4.39 Å². The maximum atomic E-state index is 14.5. The second-order valence-corrected chi connectivity index (χ2v) is 9.54. The van der Waals surface area contributed by atoms with Crippen LogP contribution >= 0.6 is 0 Å². The second-order valence-electron chi connectivity index (χ2n) is 9.54. The molecule has 0 unspecified atom stereocenters. The van der Waals surface area contributed by atoms with Crippen LogP contribution in [0, 0.1) is 11.7 Å². The predicted octanol–water partition coefficient (Wildman–Crippen LogP) is 6.43. The van der Waals surface area contributed by atoms with Gasteiger partial charge >= 0.3 is 0 Å². The fraction of sp³-hybridized carbons (Fsp3) is 0.741. The summed E-state index contributed by atoms with van der Waals surface area (Å²) in [5, 5.41) is 2.94. The molecule has 33 heavy (non-hydrogen) atoms. The van der Waals surface area contributed by atoms with Crippen molar-refractivity contribution in [2.45, 2.75) is 110 Å². The number of hydrogen-bond donors (Lipinski definition) is 1. The molecule has 0 spiro atoms. The van der Waals surface area contributed by atoms with E-state index < -0.39 is 0 Å². The van der Waals surface area contributed by atoms with E-state index >= 15 is 0 Å². The molecule has 1 saturated heterocycles. The molecule has 0 radical (unpaired) electrons. The molecule has 2 aliphatic rings. The second kappa shape index (κ2) is 14.6. The molecule has 1 N–H and O–H groups in total. The molecule has 1 saturated carbocycles. The molecular formula is C27H46FNO4. The van der Waals surface area contributed by atoms with Gasteiger partial charge in [0, 0.05) is 32.6 Å². The number of halogens is 1. The molecule has 1 aliphatic carbocycles. The minimum atomic E-state index is -0.267. The fourth-order valence-corrected chi connectivity index (χ4v) is 4.80. The molecule has 6 heteroatoms. The normalized spacial score (nSPS) is 23.5. The number of carbonyl (C=O) groups excluding carboxylic acids is 1. The Labute approximate surface area is 201 Å². The van der Waals surface area contributed by atoms with Crippen LogP contribution in [0.5, 0.6) is 5.75 Å². The minimum absolute atomic E-state index is 0. The molecule has 0 aromatic heterocycles. The third-order valence-electron chi connectivity index (χ3n) is 6.70. The number of benzene rings is 1. The molecule has 0 bridgehead atoms. The Morgan fingerprint density at radius 1 is 1.24 bits per heavy atom. The van der Waals surface area contributed by atoms with Crippen molar-refractivity contribution in [3.63, 3.8) is 0 Å². The van der Waals surface area contributed by atoms with Gasteiger partial charge in [0.2, 0.25) is 5.91 Å². The molecule has 1 heterocycles. The monoisotopic (exact) mass is 467 g/mol. The quantitative estimate of drug-likeness (QED) is 0.360. The fourth-order valence-electron chi connectivity index (χ4n) is 4.80. The van der Waals surface area contributed by atoms with Crippen LogP contribution in [0.3, 0.4) is 0 Å². The van der Waals surface area contributed by atoms with E-state index in [9.17, 15) is 9.18 Å². The van der Waals surface area contributed by atoms with E-state index in [-0.39, 0.29) is 38.8 Å². The van der Waals surface area contributed by atoms with Gasteiger partial charge in [-0.1, -0.05) is 32.8 Å². The minimum Gasteiger partial charge on any atom is -0.491 e. The molecule has 5 nitrogen and oxygen atoms in total. The van der Waals surface area contributed by atoms with Gasteiger partial charge in [0.05, 0.1) is 18.8 Å². The van der Waals surface area contributed by atoms with Crippen LogP contribution in [0.15, 0.2) is 18.2 Å². The molecule has 2 atom stereocenters. The lowest BCUT2D eigenvalue weighted by Crippen LogP contribution is -2.30. The average Bonchev–Trinajstić information content (AvgIpc) is 3.29. The van der Waals surface area contributed by atoms with Crippen molar-refractivity contribution in [2.24, 2.45) is 5.92 Å². The third-order valence-corrected chi connectivity index (χ3v) is 6.70. The zero-order valence-electron chi connectivity index (χ0n) is 19.7. The highest BCUT2D eigenvalue weighted by atomic mass is 19.1. The van der Waals surface area contributed by atoms with Gasteiger partial charge < -0.3 is 19.5 Å². The highest BCUT2D eigenvalue weighted by Crippen LogP contribution is 2.31. The van der Waals surface area contributed by atoms with Crippen molar-refractivity contribution in [1.82, 2.24) is 5.32 Å². The molecule has 1 amide bonds. The van der Waals surface area contributed by atoms with Gasteiger partial charge in [-0.25, -0.2) is 4.39 Å². The Balaban J connectivity index is 0.00000289. The van der Waals surface area contributed by atoms with Crippen molar-refractivity contribution in [1.29, 1.82) is 0 Å². The Morgan fingerprint density at radius 2 is 2.03 bits per heavy atom. The first-order valence-electron chi connectivity index (χ1n) is 12.4. The molecular weight excluding hydrogens is 421 g/mol. The number of unbranched alkanes of at least 4 members (excludes halogenated alkanes) is 1. The Bertz CT molecular complexity index is 706. The van der Waals surface area contributed by atoms with Gasteiger partial charge in [-0.05, 0) is 63.9 Å². The van der Waals surface area contributed by atoms with Crippen molar-refractivity contribution in [3.8, 4) is 5.75 Å². The number of carbonyl (C=O) groups is 1. The maximum absolute atomic E-state index is 14.5. The van der Waals surface area contributed by atoms with Gasteiger partial charge in [-0.2, -0.15) is 0 Å². The van der Waals surface area contributed by atoms with Gasteiger partial charge in [-0.15, -0.1) is 0 Å². The zero-order chi connectivity index (χ0) is 22.8.